The van der Waals surface area contributed by atoms with Crippen LogP contribution < -0.4 is 15.9 Å². The van der Waals surface area contributed by atoms with Crippen molar-refractivity contribution in [2.75, 3.05) is 10.7 Å². The average Bonchev–Trinajstić information content (AvgIpc) is 3.15. The van der Waals surface area contributed by atoms with Crippen molar-refractivity contribution in [1.82, 2.24) is 15.3 Å². The molecule has 0 atom stereocenters. The molecule has 25 heavy (non-hydrogen) atoms. The second-order valence-corrected chi connectivity index (χ2v) is 6.85. The molecule has 0 fully saturated rings. The van der Waals surface area contributed by atoms with Gasteiger partial charge in [0.1, 0.15) is 0 Å². The highest BCUT2D eigenvalue weighted by molar-refractivity contribution is 7.88. The first-order chi connectivity index (χ1) is 11.9. The van der Waals surface area contributed by atoms with E-state index in [-0.39, 0.29) is 16.5 Å². The van der Waals surface area contributed by atoms with Gasteiger partial charge in [-0.05, 0) is 36.4 Å². The summed E-state index contributed by atoms with van der Waals surface area (Å²) in [4.78, 5) is 12.1. The fourth-order valence-electron chi connectivity index (χ4n) is 2.59. The maximum absolute atomic E-state index is 12.2. The first-order valence-electron chi connectivity index (χ1n) is 7.15. The van der Waals surface area contributed by atoms with Crippen LogP contribution >= 0.6 is 0 Å². The van der Waals surface area contributed by atoms with Crippen LogP contribution in [0.2, 0.25) is 0 Å². The number of hydrogen-bond acceptors (Lipinski definition) is 6. The molecular formula is C15H11N6O3S. The highest BCUT2D eigenvalue weighted by Gasteiger charge is 2.29. The molecule has 10 heteroatoms. The van der Waals surface area contributed by atoms with Crippen LogP contribution in [0, 0.1) is 0 Å². The van der Waals surface area contributed by atoms with Gasteiger partial charge in [-0.2, -0.15) is 10.2 Å². The van der Waals surface area contributed by atoms with Crippen LogP contribution in [-0.4, -0.2) is 30.2 Å². The van der Waals surface area contributed by atoms with E-state index in [1.165, 1.54) is 24.3 Å². The van der Waals surface area contributed by atoms with E-state index < -0.39 is 10.0 Å². The Hall–Kier alpha value is -3.24. The number of fused-ring (bicyclic) bond motifs is 3. The first-order valence-corrected chi connectivity index (χ1v) is 8.63. The van der Waals surface area contributed by atoms with Crippen molar-refractivity contribution >= 4 is 43.9 Å². The molecule has 0 bridgehead atoms. The smallest absolute Gasteiger partial charge is 0.276 e. The Balaban J connectivity index is 1.69. The molecule has 0 aliphatic carbocycles. The zero-order chi connectivity index (χ0) is 17.6. The van der Waals surface area contributed by atoms with Crippen molar-refractivity contribution in [3.8, 4) is 0 Å². The number of benzene rings is 2. The summed E-state index contributed by atoms with van der Waals surface area (Å²) < 4.78 is 22.3. The van der Waals surface area contributed by atoms with Crippen LogP contribution in [0.1, 0.15) is 5.56 Å². The molecule has 2 heterocycles. The molecule has 1 aromatic heterocycles. The van der Waals surface area contributed by atoms with E-state index in [0.29, 0.717) is 22.5 Å². The van der Waals surface area contributed by atoms with Crippen molar-refractivity contribution in [1.29, 1.82) is 0 Å². The van der Waals surface area contributed by atoms with Crippen LogP contribution in [-0.2, 0) is 14.8 Å². The monoisotopic (exact) mass is 355 g/mol. The standard InChI is InChI=1S/C15H11N6O3S/c16-25(23,24)10-4-2-9(3-5-10)19-21-14-12-11(18-15(14)22)6-1-8-7-17-20-13(8)12/h1-7,16,19H,(H,17,20)(H,18,21,22). The molecule has 0 saturated heterocycles. The molecule has 1 amide bonds. The summed E-state index contributed by atoms with van der Waals surface area (Å²) >= 11 is 0. The molecule has 4 N–H and O–H groups in total. The number of aromatic amines is 1. The third kappa shape index (κ3) is 2.62. The van der Waals surface area contributed by atoms with Gasteiger partial charge >= 0.3 is 0 Å². The van der Waals surface area contributed by atoms with Gasteiger partial charge in [0.25, 0.3) is 15.9 Å². The van der Waals surface area contributed by atoms with Crippen molar-refractivity contribution in [2.24, 2.45) is 5.10 Å². The summed E-state index contributed by atoms with van der Waals surface area (Å²) in [6.07, 6.45) is 1.66. The zero-order valence-electron chi connectivity index (χ0n) is 12.6. The Morgan fingerprint density at radius 3 is 2.60 bits per heavy atom. The summed E-state index contributed by atoms with van der Waals surface area (Å²) in [6, 6.07) is 9.14. The number of carbonyl (C=O) groups is 1. The normalized spacial score (nSPS) is 15.4. The number of carbonyl (C=O) groups excluding carboxylic acids is 1. The van der Waals surface area contributed by atoms with Gasteiger partial charge in [-0.3, -0.25) is 15.3 Å². The van der Waals surface area contributed by atoms with Gasteiger partial charge in [-0.15, -0.1) is 5.14 Å². The largest absolute Gasteiger partial charge is 0.320 e. The minimum absolute atomic E-state index is 0.117. The van der Waals surface area contributed by atoms with E-state index >= 15 is 0 Å². The predicted molar refractivity (Wildman–Crippen MR) is 91.6 cm³/mol. The van der Waals surface area contributed by atoms with Gasteiger partial charge in [-0.1, -0.05) is 0 Å². The summed E-state index contributed by atoms with van der Waals surface area (Å²) in [5.41, 5.74) is 5.37. The maximum atomic E-state index is 12.2. The van der Waals surface area contributed by atoms with Crippen molar-refractivity contribution < 1.29 is 13.2 Å². The minimum Gasteiger partial charge on any atom is -0.320 e. The molecule has 3 aromatic rings. The van der Waals surface area contributed by atoms with Gasteiger partial charge in [0, 0.05) is 5.39 Å². The zero-order valence-corrected chi connectivity index (χ0v) is 13.4. The van der Waals surface area contributed by atoms with Crippen molar-refractivity contribution in [3.63, 3.8) is 0 Å². The average molecular weight is 355 g/mol. The van der Waals surface area contributed by atoms with Gasteiger partial charge < -0.3 is 5.32 Å². The number of sulfonamides is 1. The lowest BCUT2D eigenvalue weighted by Crippen LogP contribution is -2.16. The number of aromatic nitrogens is 2. The number of anilines is 2. The third-order valence-corrected chi connectivity index (χ3v) is 4.67. The topological polar surface area (TPSA) is 140 Å². The SMILES string of the molecule is [NH]S(=O)(=O)c1ccc(N/N=C2/C(=O)Nc3ccc4cn[nH]c4c32)cc1. The number of hydrogen-bond donors (Lipinski definition) is 3. The lowest BCUT2D eigenvalue weighted by molar-refractivity contribution is -0.110. The highest BCUT2D eigenvalue weighted by Crippen LogP contribution is 2.30. The Morgan fingerprint density at radius 1 is 1.12 bits per heavy atom. The van der Waals surface area contributed by atoms with E-state index in [0.717, 1.165) is 5.39 Å². The highest BCUT2D eigenvalue weighted by atomic mass is 32.2. The lowest BCUT2D eigenvalue weighted by Gasteiger charge is -2.03. The summed E-state index contributed by atoms with van der Waals surface area (Å²) in [5, 5.41) is 21.6. The molecule has 4 rings (SSSR count). The van der Waals surface area contributed by atoms with E-state index in [1.54, 1.807) is 12.3 Å². The van der Waals surface area contributed by atoms with Crippen LogP contribution in [0.15, 0.2) is 52.6 Å². The number of nitrogens with zero attached hydrogens (tertiary/aromatic N) is 2. The minimum atomic E-state index is -4.01. The Labute approximate surface area is 142 Å². The Bertz CT molecular complexity index is 1130. The molecular weight excluding hydrogens is 344 g/mol. The third-order valence-electron chi connectivity index (χ3n) is 3.78. The fraction of sp³-hybridized carbons (Fsp3) is 0. The predicted octanol–water partition coefficient (Wildman–Crippen LogP) is 1.30. The Morgan fingerprint density at radius 2 is 1.88 bits per heavy atom. The molecule has 125 valence electrons. The maximum Gasteiger partial charge on any atom is 0.276 e. The van der Waals surface area contributed by atoms with E-state index in [2.05, 4.69) is 26.0 Å². The number of rotatable bonds is 3. The van der Waals surface area contributed by atoms with Crippen molar-refractivity contribution in [2.45, 2.75) is 4.90 Å². The first kappa shape index (κ1) is 15.3. The molecule has 1 aliphatic heterocycles. The molecule has 0 unspecified atom stereocenters. The molecule has 2 aromatic carbocycles. The number of nitrogens with one attached hydrogen (secondary N) is 4. The van der Waals surface area contributed by atoms with Gasteiger partial charge in [0.15, 0.2) is 5.71 Å². The summed E-state index contributed by atoms with van der Waals surface area (Å²) in [7, 11) is -4.01. The van der Waals surface area contributed by atoms with Crippen LogP contribution in [0.5, 0.6) is 0 Å². The Kier molecular flexibility index (Phi) is 3.30. The van der Waals surface area contributed by atoms with Crippen LogP contribution in [0.3, 0.4) is 0 Å². The molecule has 0 saturated carbocycles. The van der Waals surface area contributed by atoms with Crippen molar-refractivity contribution in [3.05, 3.63) is 48.2 Å². The fourth-order valence-corrected chi connectivity index (χ4v) is 3.09. The lowest BCUT2D eigenvalue weighted by atomic mass is 10.1. The van der Waals surface area contributed by atoms with E-state index in [1.807, 2.05) is 6.07 Å². The number of H-pyrrole nitrogens is 1. The second kappa shape index (κ2) is 5.40. The quantitative estimate of drug-likeness (QED) is 0.607. The van der Waals surface area contributed by atoms with Gasteiger partial charge in [-0.25, -0.2) is 8.42 Å². The van der Waals surface area contributed by atoms with Gasteiger partial charge in [0.2, 0.25) is 0 Å². The van der Waals surface area contributed by atoms with E-state index in [9.17, 15) is 13.2 Å². The van der Waals surface area contributed by atoms with Crippen LogP contribution in [0.25, 0.3) is 10.9 Å². The van der Waals surface area contributed by atoms with Gasteiger partial charge in [0.05, 0.1) is 33.5 Å². The van der Waals surface area contributed by atoms with Crippen LogP contribution in [0.4, 0.5) is 11.4 Å². The second-order valence-electron chi connectivity index (χ2n) is 5.38. The summed E-state index contributed by atoms with van der Waals surface area (Å²) in [5.74, 6) is -0.352. The molecule has 0 spiro atoms. The van der Waals surface area contributed by atoms with E-state index in [4.69, 9.17) is 5.14 Å². The summed E-state index contributed by atoms with van der Waals surface area (Å²) in [6.45, 7) is 0. The molecule has 1 aliphatic rings. The number of amides is 1. The molecule has 9 nitrogen and oxygen atoms in total. The number of hydrazone groups is 1. The molecule has 1 radical (unpaired) electrons.